The van der Waals surface area contributed by atoms with Crippen LogP contribution in [0.2, 0.25) is 0 Å². The first-order valence-corrected chi connectivity index (χ1v) is 7.44. The van der Waals surface area contributed by atoms with E-state index in [-0.39, 0.29) is 5.78 Å². The van der Waals surface area contributed by atoms with E-state index in [2.05, 4.69) is 12.2 Å². The van der Waals surface area contributed by atoms with E-state index < -0.39 is 0 Å². The van der Waals surface area contributed by atoms with E-state index in [0.717, 1.165) is 39.0 Å². The number of unbranched alkanes of at least 4 members (excludes halogenated alkanes) is 1. The van der Waals surface area contributed by atoms with Gasteiger partial charge >= 0.3 is 0 Å². The molecule has 0 aliphatic heterocycles. The molecule has 0 unspecified atom stereocenters. The average molecular weight is 294 g/mol. The number of rotatable bonds is 11. The number of ketones is 1. The van der Waals surface area contributed by atoms with Crippen molar-refractivity contribution in [2.75, 3.05) is 39.1 Å². The number of carbonyl (C=O) groups is 1. The van der Waals surface area contributed by atoms with Crippen molar-refractivity contribution in [3.05, 3.63) is 23.8 Å². The lowest BCUT2D eigenvalue weighted by atomic mass is 10.1. The minimum absolute atomic E-state index is 0.0243. The predicted molar refractivity (Wildman–Crippen MR) is 85.0 cm³/mol. The molecular weight excluding hydrogens is 268 g/mol. The number of benzene rings is 1. The predicted octanol–water partition coefficient (Wildman–Crippen LogP) is 2.26. The van der Waals surface area contributed by atoms with Crippen LogP contribution in [-0.4, -0.2) is 39.2 Å². The zero-order valence-corrected chi connectivity index (χ0v) is 13.0. The summed E-state index contributed by atoms with van der Waals surface area (Å²) in [6.07, 6.45) is 3.16. The Balaban J connectivity index is 2.20. The van der Waals surface area contributed by atoms with Crippen molar-refractivity contribution in [2.24, 2.45) is 0 Å². The molecule has 5 nitrogen and oxygen atoms in total. The first kappa shape index (κ1) is 17.5. The van der Waals surface area contributed by atoms with Crippen molar-refractivity contribution < 1.29 is 14.3 Å². The highest BCUT2D eigenvalue weighted by Crippen LogP contribution is 2.21. The van der Waals surface area contributed by atoms with Gasteiger partial charge in [0.05, 0.1) is 19.3 Å². The maximum absolute atomic E-state index is 12.0. The van der Waals surface area contributed by atoms with Crippen LogP contribution in [0, 0.1) is 0 Å². The van der Waals surface area contributed by atoms with Gasteiger partial charge in [-0.1, -0.05) is 13.3 Å². The summed E-state index contributed by atoms with van der Waals surface area (Å²) < 4.78 is 10.5. The molecule has 0 atom stereocenters. The van der Waals surface area contributed by atoms with Gasteiger partial charge in [-0.15, -0.1) is 0 Å². The van der Waals surface area contributed by atoms with E-state index in [1.807, 2.05) is 0 Å². The second-order valence-electron chi connectivity index (χ2n) is 4.88. The third kappa shape index (κ3) is 6.60. The first-order valence-electron chi connectivity index (χ1n) is 7.44. The van der Waals surface area contributed by atoms with Crippen molar-refractivity contribution >= 4 is 11.5 Å². The van der Waals surface area contributed by atoms with E-state index in [9.17, 15) is 4.79 Å². The Kier molecular flexibility index (Phi) is 8.47. The Morgan fingerprint density at radius 3 is 2.71 bits per heavy atom. The third-order valence-corrected chi connectivity index (χ3v) is 3.12. The Hall–Kier alpha value is -1.59. The van der Waals surface area contributed by atoms with Gasteiger partial charge in [0.15, 0.2) is 5.78 Å². The van der Waals surface area contributed by atoms with Crippen molar-refractivity contribution in [3.8, 4) is 5.75 Å². The van der Waals surface area contributed by atoms with Gasteiger partial charge in [0, 0.05) is 18.8 Å². The van der Waals surface area contributed by atoms with Crippen molar-refractivity contribution in [1.82, 2.24) is 5.32 Å². The molecule has 0 bridgehead atoms. The third-order valence-electron chi connectivity index (χ3n) is 3.12. The number of hydrogen-bond donors (Lipinski definition) is 2. The fourth-order valence-electron chi connectivity index (χ4n) is 1.86. The average Bonchev–Trinajstić information content (AvgIpc) is 2.49. The molecule has 0 aliphatic carbocycles. The van der Waals surface area contributed by atoms with Gasteiger partial charge in [-0.2, -0.15) is 0 Å². The minimum Gasteiger partial charge on any atom is -0.495 e. The van der Waals surface area contributed by atoms with Gasteiger partial charge in [-0.3, -0.25) is 4.79 Å². The number of ether oxygens (including phenoxy) is 2. The molecule has 0 aliphatic rings. The zero-order chi connectivity index (χ0) is 15.5. The molecule has 118 valence electrons. The molecule has 3 N–H and O–H groups in total. The number of nitrogen functional groups attached to an aromatic ring is 1. The molecule has 1 rings (SSSR count). The number of nitrogens with one attached hydrogen (secondary N) is 1. The maximum atomic E-state index is 12.0. The minimum atomic E-state index is 0.0243. The Morgan fingerprint density at radius 1 is 1.29 bits per heavy atom. The molecule has 0 amide bonds. The fraction of sp³-hybridized carbons (Fsp3) is 0.562. The second kappa shape index (κ2) is 10.2. The van der Waals surface area contributed by atoms with Crippen LogP contribution >= 0.6 is 0 Å². The number of anilines is 1. The van der Waals surface area contributed by atoms with Gasteiger partial charge in [0.2, 0.25) is 0 Å². The number of carbonyl (C=O) groups excluding carboxylic acids is 1. The largest absolute Gasteiger partial charge is 0.495 e. The molecule has 0 radical (unpaired) electrons. The monoisotopic (exact) mass is 294 g/mol. The summed E-state index contributed by atoms with van der Waals surface area (Å²) in [4.78, 5) is 12.0. The highest BCUT2D eigenvalue weighted by Gasteiger charge is 2.08. The maximum Gasteiger partial charge on any atom is 0.176 e. The molecule has 0 saturated carbocycles. The van der Waals surface area contributed by atoms with Gasteiger partial charge < -0.3 is 20.5 Å². The molecule has 5 heteroatoms. The lowest BCUT2D eigenvalue weighted by Gasteiger charge is -2.08. The summed E-state index contributed by atoms with van der Waals surface area (Å²) in [5.74, 6) is 0.611. The molecule has 21 heavy (non-hydrogen) atoms. The van der Waals surface area contributed by atoms with E-state index in [0.29, 0.717) is 23.5 Å². The summed E-state index contributed by atoms with van der Waals surface area (Å²) in [7, 11) is 1.55. The summed E-state index contributed by atoms with van der Waals surface area (Å²) >= 11 is 0. The molecule has 0 saturated heterocycles. The number of nitrogens with two attached hydrogens (primary N) is 1. The number of methoxy groups -OCH3 is 1. The molecule has 0 spiro atoms. The molecule has 0 aromatic heterocycles. The topological polar surface area (TPSA) is 73.6 Å². The van der Waals surface area contributed by atoms with Crippen LogP contribution in [0.25, 0.3) is 0 Å². The van der Waals surface area contributed by atoms with Crippen LogP contribution < -0.4 is 15.8 Å². The smallest absolute Gasteiger partial charge is 0.176 e. The lowest BCUT2D eigenvalue weighted by molar-refractivity contribution is 0.0986. The van der Waals surface area contributed by atoms with Crippen molar-refractivity contribution in [3.63, 3.8) is 0 Å². The fourth-order valence-corrected chi connectivity index (χ4v) is 1.86. The zero-order valence-electron chi connectivity index (χ0n) is 13.0. The van der Waals surface area contributed by atoms with Crippen molar-refractivity contribution in [2.45, 2.75) is 26.2 Å². The van der Waals surface area contributed by atoms with Crippen LogP contribution in [0.4, 0.5) is 5.69 Å². The number of hydrogen-bond acceptors (Lipinski definition) is 5. The Morgan fingerprint density at radius 2 is 2.05 bits per heavy atom. The Bertz CT molecular complexity index is 436. The van der Waals surface area contributed by atoms with Crippen LogP contribution in [0.1, 0.15) is 36.5 Å². The van der Waals surface area contributed by atoms with Crippen LogP contribution in [-0.2, 0) is 4.74 Å². The van der Waals surface area contributed by atoms with E-state index in [4.69, 9.17) is 15.2 Å². The van der Waals surface area contributed by atoms with Gasteiger partial charge in [-0.25, -0.2) is 0 Å². The standard InChI is InChI=1S/C16H26N2O3/c1-3-4-9-21-10-5-8-18-12-15(19)13-6-7-16(20-2)14(17)11-13/h6-7,11,18H,3-5,8-10,12,17H2,1-2H3. The molecule has 1 aromatic carbocycles. The van der Waals surface area contributed by atoms with E-state index in [1.165, 1.54) is 0 Å². The normalized spacial score (nSPS) is 10.6. The SMILES string of the molecule is CCCCOCCCNCC(=O)c1ccc(OC)c(N)c1. The summed E-state index contributed by atoms with van der Waals surface area (Å²) in [6.45, 7) is 4.77. The van der Waals surface area contributed by atoms with Gasteiger partial charge in [0.25, 0.3) is 0 Å². The van der Waals surface area contributed by atoms with Gasteiger partial charge in [-0.05, 0) is 37.6 Å². The van der Waals surface area contributed by atoms with Gasteiger partial charge in [0.1, 0.15) is 5.75 Å². The van der Waals surface area contributed by atoms with Crippen LogP contribution in [0.3, 0.4) is 0 Å². The number of Topliss-reactive ketones (excluding diaryl/α,β-unsaturated/α-hetero) is 1. The molecule has 1 aromatic rings. The van der Waals surface area contributed by atoms with E-state index >= 15 is 0 Å². The quantitative estimate of drug-likeness (QED) is 0.372. The van der Waals surface area contributed by atoms with Crippen molar-refractivity contribution in [1.29, 1.82) is 0 Å². The second-order valence-corrected chi connectivity index (χ2v) is 4.88. The molecular formula is C16H26N2O3. The summed E-state index contributed by atoms with van der Waals surface area (Å²) in [5, 5.41) is 3.12. The Labute approximate surface area is 126 Å². The first-order chi connectivity index (χ1) is 10.2. The highest BCUT2D eigenvalue weighted by atomic mass is 16.5. The highest BCUT2D eigenvalue weighted by molar-refractivity contribution is 5.98. The van der Waals surface area contributed by atoms with Crippen LogP contribution in [0.5, 0.6) is 5.75 Å². The molecule has 0 fully saturated rings. The van der Waals surface area contributed by atoms with Crippen LogP contribution in [0.15, 0.2) is 18.2 Å². The molecule has 0 heterocycles. The lowest BCUT2D eigenvalue weighted by Crippen LogP contribution is -2.25. The summed E-state index contributed by atoms with van der Waals surface area (Å²) in [5.41, 5.74) is 6.87. The summed E-state index contributed by atoms with van der Waals surface area (Å²) in [6, 6.07) is 5.09. The van der Waals surface area contributed by atoms with E-state index in [1.54, 1.807) is 25.3 Å².